The van der Waals surface area contributed by atoms with Gasteiger partial charge in [-0.15, -0.1) is 0 Å². The van der Waals surface area contributed by atoms with E-state index in [0.29, 0.717) is 5.56 Å². The lowest BCUT2D eigenvalue weighted by molar-refractivity contribution is -0.148. The summed E-state index contributed by atoms with van der Waals surface area (Å²) < 4.78 is 42.2. The van der Waals surface area contributed by atoms with Gasteiger partial charge in [-0.2, -0.15) is 13.2 Å². The van der Waals surface area contributed by atoms with Crippen LogP contribution in [-0.4, -0.2) is 11.9 Å². The molecule has 0 unspecified atom stereocenters. The zero-order chi connectivity index (χ0) is 16.2. The highest BCUT2D eigenvalue weighted by molar-refractivity contribution is 5.95. The minimum Gasteiger partial charge on any atom is -0.458 e. The Morgan fingerprint density at radius 1 is 1.29 bits per heavy atom. The summed E-state index contributed by atoms with van der Waals surface area (Å²) in [5.74, 6) is -1.54. The Morgan fingerprint density at radius 2 is 1.81 bits per heavy atom. The van der Waals surface area contributed by atoms with Gasteiger partial charge in [-0.05, 0) is 24.6 Å². The van der Waals surface area contributed by atoms with Crippen LogP contribution in [0, 0.1) is 0 Å². The summed E-state index contributed by atoms with van der Waals surface area (Å²) in [7, 11) is 0. The van der Waals surface area contributed by atoms with Gasteiger partial charge in [0.15, 0.2) is 0 Å². The molecule has 1 amide bonds. The van der Waals surface area contributed by atoms with Crippen molar-refractivity contribution in [3.63, 3.8) is 0 Å². The van der Waals surface area contributed by atoms with Gasteiger partial charge >= 0.3 is 12.1 Å². The third-order valence-electron chi connectivity index (χ3n) is 2.72. The Morgan fingerprint density at radius 3 is 2.24 bits per heavy atom. The Bertz CT molecular complexity index is 550. The second-order valence-electron chi connectivity index (χ2n) is 4.40. The van der Waals surface area contributed by atoms with Crippen molar-refractivity contribution >= 4 is 11.9 Å². The minimum absolute atomic E-state index is 0.0976. The fourth-order valence-electron chi connectivity index (χ4n) is 1.51. The lowest BCUT2D eigenvalue weighted by Crippen LogP contribution is -2.18. The van der Waals surface area contributed by atoms with Crippen molar-refractivity contribution in [2.75, 3.05) is 0 Å². The SMILES string of the molecule is C=C(CC(=O)O[C@@H](C)c1ccc(C(F)(F)F)cc1)C(N)=O. The molecule has 0 saturated heterocycles. The van der Waals surface area contributed by atoms with Gasteiger partial charge in [0.2, 0.25) is 5.91 Å². The topological polar surface area (TPSA) is 69.4 Å². The summed E-state index contributed by atoms with van der Waals surface area (Å²) >= 11 is 0. The van der Waals surface area contributed by atoms with E-state index in [2.05, 4.69) is 6.58 Å². The number of benzene rings is 1. The molecule has 7 heteroatoms. The largest absolute Gasteiger partial charge is 0.458 e. The van der Waals surface area contributed by atoms with Crippen LogP contribution in [0.4, 0.5) is 13.2 Å². The van der Waals surface area contributed by atoms with Crippen molar-refractivity contribution < 1.29 is 27.5 Å². The van der Waals surface area contributed by atoms with Gasteiger partial charge in [0, 0.05) is 5.57 Å². The molecule has 1 aromatic rings. The fraction of sp³-hybridized carbons (Fsp3) is 0.286. The number of hydrogen-bond donors (Lipinski definition) is 1. The van der Waals surface area contributed by atoms with Gasteiger partial charge in [0.1, 0.15) is 6.10 Å². The predicted octanol–water partition coefficient (Wildman–Crippen LogP) is 2.74. The molecule has 0 saturated carbocycles. The number of halogens is 3. The van der Waals surface area contributed by atoms with Crippen molar-refractivity contribution in [2.45, 2.75) is 25.6 Å². The minimum atomic E-state index is -4.42. The number of hydrogen-bond acceptors (Lipinski definition) is 3. The molecule has 21 heavy (non-hydrogen) atoms. The van der Waals surface area contributed by atoms with E-state index in [1.54, 1.807) is 0 Å². The number of carbonyl (C=O) groups is 2. The van der Waals surface area contributed by atoms with Crippen LogP contribution in [0.15, 0.2) is 36.4 Å². The fourth-order valence-corrected chi connectivity index (χ4v) is 1.51. The smallest absolute Gasteiger partial charge is 0.416 e. The van der Waals surface area contributed by atoms with Crippen molar-refractivity contribution in [3.05, 3.63) is 47.5 Å². The molecule has 0 spiro atoms. The van der Waals surface area contributed by atoms with Crippen molar-refractivity contribution in [1.82, 2.24) is 0 Å². The van der Waals surface area contributed by atoms with Crippen molar-refractivity contribution in [3.8, 4) is 0 Å². The average molecular weight is 301 g/mol. The van der Waals surface area contributed by atoms with E-state index in [1.807, 2.05) is 0 Å². The number of alkyl halides is 3. The van der Waals surface area contributed by atoms with E-state index in [9.17, 15) is 22.8 Å². The molecule has 1 atom stereocenters. The molecule has 114 valence electrons. The molecule has 0 aliphatic rings. The first kappa shape index (κ1) is 16.7. The molecule has 1 rings (SSSR count). The van der Waals surface area contributed by atoms with Gasteiger partial charge in [0.05, 0.1) is 12.0 Å². The van der Waals surface area contributed by atoms with E-state index in [4.69, 9.17) is 10.5 Å². The lowest BCUT2D eigenvalue weighted by Gasteiger charge is -2.15. The van der Waals surface area contributed by atoms with E-state index in [-0.39, 0.29) is 12.0 Å². The predicted molar refractivity (Wildman–Crippen MR) is 68.9 cm³/mol. The standard InChI is InChI=1S/C14H14F3NO3/c1-8(13(18)20)7-12(19)21-9(2)10-3-5-11(6-4-10)14(15,16)17/h3-6,9H,1,7H2,2H3,(H2,18,20)/t9-/m0/s1. The molecule has 0 radical (unpaired) electrons. The van der Waals surface area contributed by atoms with Gasteiger partial charge in [0.25, 0.3) is 0 Å². The highest BCUT2D eigenvalue weighted by Crippen LogP contribution is 2.30. The van der Waals surface area contributed by atoms with E-state index < -0.39 is 29.7 Å². The molecule has 0 aliphatic heterocycles. The van der Waals surface area contributed by atoms with Crippen molar-refractivity contribution in [2.24, 2.45) is 5.73 Å². The second kappa shape index (κ2) is 6.43. The summed E-state index contributed by atoms with van der Waals surface area (Å²) in [6.45, 7) is 4.82. The molecule has 0 fully saturated rings. The third kappa shape index (κ3) is 4.94. The molecule has 0 aromatic heterocycles. The summed E-state index contributed by atoms with van der Waals surface area (Å²) in [6.07, 6.45) is -5.53. The van der Waals surface area contributed by atoms with E-state index >= 15 is 0 Å². The van der Waals surface area contributed by atoms with Crippen LogP contribution in [-0.2, 0) is 20.5 Å². The van der Waals surface area contributed by atoms with Crippen molar-refractivity contribution in [1.29, 1.82) is 0 Å². The lowest BCUT2D eigenvalue weighted by atomic mass is 10.1. The number of esters is 1. The van der Waals surface area contributed by atoms with Crippen LogP contribution in [0.3, 0.4) is 0 Å². The van der Waals surface area contributed by atoms with E-state index in [0.717, 1.165) is 12.1 Å². The quantitative estimate of drug-likeness (QED) is 0.671. The van der Waals surface area contributed by atoms with Crippen LogP contribution in [0.2, 0.25) is 0 Å². The van der Waals surface area contributed by atoms with Gasteiger partial charge in [-0.3, -0.25) is 9.59 Å². The molecular formula is C14H14F3NO3. The summed E-state index contributed by atoms with van der Waals surface area (Å²) in [5.41, 5.74) is 4.45. The summed E-state index contributed by atoms with van der Waals surface area (Å²) in [6, 6.07) is 4.26. The summed E-state index contributed by atoms with van der Waals surface area (Å²) in [4.78, 5) is 22.2. The highest BCUT2D eigenvalue weighted by atomic mass is 19.4. The van der Waals surface area contributed by atoms with Gasteiger partial charge in [-0.25, -0.2) is 0 Å². The van der Waals surface area contributed by atoms with Crippen LogP contribution in [0.5, 0.6) is 0 Å². The molecule has 4 nitrogen and oxygen atoms in total. The Hall–Kier alpha value is -2.31. The number of ether oxygens (including phenoxy) is 1. The number of nitrogens with two attached hydrogens (primary N) is 1. The molecule has 0 bridgehead atoms. The first-order valence-corrected chi connectivity index (χ1v) is 5.95. The van der Waals surface area contributed by atoms with Crippen LogP contribution >= 0.6 is 0 Å². The molecule has 0 heterocycles. The number of rotatable bonds is 5. The first-order chi connectivity index (χ1) is 9.61. The maximum atomic E-state index is 12.4. The van der Waals surface area contributed by atoms with Crippen LogP contribution in [0.1, 0.15) is 30.6 Å². The van der Waals surface area contributed by atoms with E-state index in [1.165, 1.54) is 19.1 Å². The van der Waals surface area contributed by atoms with Gasteiger partial charge < -0.3 is 10.5 Å². The molecule has 2 N–H and O–H groups in total. The second-order valence-corrected chi connectivity index (χ2v) is 4.40. The monoisotopic (exact) mass is 301 g/mol. The number of primary amides is 1. The van der Waals surface area contributed by atoms with Crippen LogP contribution < -0.4 is 5.73 Å². The zero-order valence-corrected chi connectivity index (χ0v) is 11.2. The Balaban J connectivity index is 2.68. The maximum Gasteiger partial charge on any atom is 0.416 e. The number of amides is 1. The normalized spacial score (nSPS) is 12.6. The van der Waals surface area contributed by atoms with Gasteiger partial charge in [-0.1, -0.05) is 18.7 Å². The molecule has 1 aromatic carbocycles. The molecule has 0 aliphatic carbocycles. The zero-order valence-electron chi connectivity index (χ0n) is 11.2. The highest BCUT2D eigenvalue weighted by Gasteiger charge is 2.30. The first-order valence-electron chi connectivity index (χ1n) is 5.95. The average Bonchev–Trinajstić information content (AvgIpc) is 2.37. The summed E-state index contributed by atoms with van der Waals surface area (Å²) in [5, 5.41) is 0. The Kier molecular flexibility index (Phi) is 5.12. The third-order valence-corrected chi connectivity index (χ3v) is 2.72. The number of carbonyl (C=O) groups excluding carboxylic acids is 2. The molecular weight excluding hydrogens is 287 g/mol. The maximum absolute atomic E-state index is 12.4. The Labute approximate surface area is 119 Å². The van der Waals surface area contributed by atoms with Crippen LogP contribution in [0.25, 0.3) is 0 Å².